The maximum Gasteiger partial charge on any atom is 0.267 e. The van der Waals surface area contributed by atoms with E-state index in [0.717, 1.165) is 11.1 Å². The fraction of sp³-hybridized carbons (Fsp3) is 0.143. The lowest BCUT2D eigenvalue weighted by Crippen LogP contribution is -2.01. The molecular formula is C7H7N3O2S. The Hall–Kier alpha value is -1.27. The predicted octanol–water partition coefficient (Wildman–Crippen LogP) is 0.725. The Labute approximate surface area is 76.8 Å². The zero-order valence-electron chi connectivity index (χ0n) is 6.84. The van der Waals surface area contributed by atoms with Crippen LogP contribution in [-0.2, 0) is 11.3 Å². The van der Waals surface area contributed by atoms with Crippen molar-refractivity contribution in [2.24, 2.45) is 0 Å². The van der Waals surface area contributed by atoms with Gasteiger partial charge in [-0.3, -0.25) is 4.55 Å². The molecule has 68 valence electrons. The average Bonchev–Trinajstić information content (AvgIpc) is 2.48. The lowest BCUT2D eigenvalue weighted by atomic mass is 10.3. The summed E-state index contributed by atoms with van der Waals surface area (Å²) in [6, 6.07) is 1.72. The maximum absolute atomic E-state index is 10.8. The van der Waals surface area contributed by atoms with Gasteiger partial charge in [0, 0.05) is 11.6 Å². The maximum atomic E-state index is 10.8. The Kier molecular flexibility index (Phi) is 1.86. The van der Waals surface area contributed by atoms with Crippen LogP contribution in [0, 0.1) is 6.92 Å². The standard InChI is InChI=1S/C7H7N3O2S/c1-5-6-2-3-10(13(11)12)7(6)9-4-8-5/h2-4H,1H3,(H,11,12). The highest BCUT2D eigenvalue weighted by Gasteiger charge is 2.07. The molecule has 2 aromatic heterocycles. The van der Waals surface area contributed by atoms with Gasteiger partial charge in [0.25, 0.3) is 11.3 Å². The van der Waals surface area contributed by atoms with Crippen LogP contribution in [-0.4, -0.2) is 22.7 Å². The van der Waals surface area contributed by atoms with Gasteiger partial charge in [-0.05, 0) is 13.0 Å². The number of fused-ring (bicyclic) bond motifs is 1. The highest BCUT2D eigenvalue weighted by atomic mass is 32.2. The van der Waals surface area contributed by atoms with E-state index >= 15 is 0 Å². The van der Waals surface area contributed by atoms with E-state index in [9.17, 15) is 4.21 Å². The summed E-state index contributed by atoms with van der Waals surface area (Å²) in [4.78, 5) is 7.90. The molecular weight excluding hydrogens is 190 g/mol. The third-order valence-corrected chi connectivity index (χ3v) is 2.45. The molecule has 2 aromatic rings. The van der Waals surface area contributed by atoms with Crippen molar-refractivity contribution in [3.63, 3.8) is 0 Å². The molecule has 0 amide bonds. The Balaban J connectivity index is 2.83. The fourth-order valence-corrected chi connectivity index (χ4v) is 1.64. The first-order valence-electron chi connectivity index (χ1n) is 3.60. The molecule has 2 rings (SSSR count). The molecule has 0 bridgehead atoms. The minimum Gasteiger partial charge on any atom is -0.289 e. The quantitative estimate of drug-likeness (QED) is 0.684. The second-order valence-corrected chi connectivity index (χ2v) is 3.42. The molecule has 1 atom stereocenters. The Morgan fingerprint density at radius 3 is 3.00 bits per heavy atom. The molecule has 0 fully saturated rings. The van der Waals surface area contributed by atoms with Gasteiger partial charge in [-0.1, -0.05) is 0 Å². The first kappa shape index (κ1) is 8.33. The first-order chi connectivity index (χ1) is 6.20. The summed E-state index contributed by atoms with van der Waals surface area (Å²) < 4.78 is 20.9. The van der Waals surface area contributed by atoms with Gasteiger partial charge in [0.1, 0.15) is 6.33 Å². The molecule has 1 unspecified atom stereocenters. The van der Waals surface area contributed by atoms with Crippen molar-refractivity contribution in [3.8, 4) is 0 Å². The number of aromatic nitrogens is 3. The highest BCUT2D eigenvalue weighted by Crippen LogP contribution is 2.15. The van der Waals surface area contributed by atoms with Crippen molar-refractivity contribution in [1.82, 2.24) is 13.9 Å². The van der Waals surface area contributed by atoms with Gasteiger partial charge in [-0.15, -0.1) is 0 Å². The molecule has 0 saturated carbocycles. The lowest BCUT2D eigenvalue weighted by molar-refractivity contribution is 0.556. The fourth-order valence-electron chi connectivity index (χ4n) is 1.18. The predicted molar refractivity (Wildman–Crippen MR) is 48.4 cm³/mol. The van der Waals surface area contributed by atoms with E-state index in [2.05, 4.69) is 9.97 Å². The molecule has 5 nitrogen and oxygen atoms in total. The van der Waals surface area contributed by atoms with Crippen molar-refractivity contribution in [2.75, 3.05) is 0 Å². The van der Waals surface area contributed by atoms with Crippen LogP contribution in [0.3, 0.4) is 0 Å². The Morgan fingerprint density at radius 2 is 2.31 bits per heavy atom. The molecule has 0 radical (unpaired) electrons. The van der Waals surface area contributed by atoms with Crippen LogP contribution < -0.4 is 0 Å². The van der Waals surface area contributed by atoms with Crippen LogP contribution in [0.2, 0.25) is 0 Å². The number of hydrogen-bond donors (Lipinski definition) is 1. The summed E-state index contributed by atoms with van der Waals surface area (Å²) in [5.41, 5.74) is 1.28. The van der Waals surface area contributed by atoms with Crippen LogP contribution in [0.25, 0.3) is 11.0 Å². The minimum absolute atomic E-state index is 0.480. The third-order valence-electron chi connectivity index (χ3n) is 1.82. The van der Waals surface area contributed by atoms with E-state index in [4.69, 9.17) is 4.55 Å². The highest BCUT2D eigenvalue weighted by molar-refractivity contribution is 7.77. The van der Waals surface area contributed by atoms with Crippen molar-refractivity contribution in [2.45, 2.75) is 6.92 Å². The molecule has 6 heteroatoms. The summed E-state index contributed by atoms with van der Waals surface area (Å²) in [5.74, 6) is 0. The van der Waals surface area contributed by atoms with Crippen molar-refractivity contribution >= 4 is 22.3 Å². The average molecular weight is 197 g/mol. The van der Waals surface area contributed by atoms with E-state index in [0.29, 0.717) is 5.65 Å². The zero-order chi connectivity index (χ0) is 9.42. The van der Waals surface area contributed by atoms with Crippen molar-refractivity contribution in [3.05, 3.63) is 24.3 Å². The lowest BCUT2D eigenvalue weighted by Gasteiger charge is -1.97. The largest absolute Gasteiger partial charge is 0.289 e. The molecule has 0 spiro atoms. The van der Waals surface area contributed by atoms with E-state index in [-0.39, 0.29) is 0 Å². The third kappa shape index (κ3) is 1.24. The molecule has 0 aromatic carbocycles. The van der Waals surface area contributed by atoms with Gasteiger partial charge >= 0.3 is 0 Å². The van der Waals surface area contributed by atoms with Gasteiger partial charge in [0.15, 0.2) is 5.65 Å². The minimum atomic E-state index is -2.05. The molecule has 1 N–H and O–H groups in total. The summed E-state index contributed by atoms with van der Waals surface area (Å²) >= 11 is -2.05. The Morgan fingerprint density at radius 1 is 1.54 bits per heavy atom. The smallest absolute Gasteiger partial charge is 0.267 e. The molecule has 2 heterocycles. The number of aryl methyl sites for hydroxylation is 1. The van der Waals surface area contributed by atoms with Crippen LogP contribution in [0.4, 0.5) is 0 Å². The summed E-state index contributed by atoms with van der Waals surface area (Å²) in [6.07, 6.45) is 2.89. The number of nitrogens with zero attached hydrogens (tertiary/aromatic N) is 3. The topological polar surface area (TPSA) is 68.0 Å². The van der Waals surface area contributed by atoms with E-state index < -0.39 is 11.3 Å². The summed E-state index contributed by atoms with van der Waals surface area (Å²) in [6.45, 7) is 1.83. The number of rotatable bonds is 1. The summed E-state index contributed by atoms with van der Waals surface area (Å²) in [7, 11) is 0. The van der Waals surface area contributed by atoms with Crippen LogP contribution in [0.15, 0.2) is 18.6 Å². The van der Waals surface area contributed by atoms with Crippen molar-refractivity contribution < 1.29 is 8.76 Å². The normalized spacial score (nSPS) is 13.4. The molecule has 13 heavy (non-hydrogen) atoms. The van der Waals surface area contributed by atoms with Crippen LogP contribution in [0.1, 0.15) is 5.69 Å². The van der Waals surface area contributed by atoms with Gasteiger partial charge < -0.3 is 0 Å². The number of hydrogen-bond acceptors (Lipinski definition) is 3. The van der Waals surface area contributed by atoms with Gasteiger partial charge in [-0.2, -0.15) is 0 Å². The SMILES string of the molecule is Cc1ncnc2c1ccn2S(=O)O. The molecule has 0 aliphatic heterocycles. The monoisotopic (exact) mass is 197 g/mol. The van der Waals surface area contributed by atoms with Crippen LogP contribution >= 0.6 is 0 Å². The zero-order valence-corrected chi connectivity index (χ0v) is 7.65. The van der Waals surface area contributed by atoms with Gasteiger partial charge in [-0.25, -0.2) is 18.1 Å². The second-order valence-electron chi connectivity index (χ2n) is 2.57. The molecule has 0 saturated heterocycles. The van der Waals surface area contributed by atoms with Gasteiger partial charge in [0.05, 0.1) is 5.69 Å². The van der Waals surface area contributed by atoms with E-state index in [1.54, 1.807) is 6.07 Å². The van der Waals surface area contributed by atoms with Gasteiger partial charge in [0.2, 0.25) is 0 Å². The Bertz CT molecular complexity index is 480. The summed E-state index contributed by atoms with van der Waals surface area (Å²) in [5, 5.41) is 0.796. The first-order valence-corrected chi connectivity index (χ1v) is 4.66. The molecule has 0 aliphatic rings. The van der Waals surface area contributed by atoms with E-state index in [1.807, 2.05) is 6.92 Å². The van der Waals surface area contributed by atoms with E-state index in [1.165, 1.54) is 16.5 Å². The molecule has 0 aliphatic carbocycles. The van der Waals surface area contributed by atoms with Crippen molar-refractivity contribution in [1.29, 1.82) is 0 Å². The second kappa shape index (κ2) is 2.90. The van der Waals surface area contributed by atoms with Crippen LogP contribution in [0.5, 0.6) is 0 Å².